The highest BCUT2D eigenvalue weighted by Gasteiger charge is 2.34. The topological polar surface area (TPSA) is 55.4 Å². The Labute approximate surface area is 117 Å². The van der Waals surface area contributed by atoms with E-state index in [1.54, 1.807) is 6.07 Å². The van der Waals surface area contributed by atoms with Crippen LogP contribution in [0.5, 0.6) is 5.75 Å². The zero-order valence-electron chi connectivity index (χ0n) is 11.1. The van der Waals surface area contributed by atoms with Crippen molar-refractivity contribution in [2.24, 2.45) is 5.92 Å². The van der Waals surface area contributed by atoms with E-state index in [9.17, 15) is 17.2 Å². The first-order valence-electron chi connectivity index (χ1n) is 6.37. The van der Waals surface area contributed by atoms with Gasteiger partial charge >= 0.3 is 5.76 Å². The van der Waals surface area contributed by atoms with E-state index in [1.807, 2.05) is 7.05 Å². The maximum Gasteiger partial charge on any atom is 0.341 e. The third kappa shape index (κ3) is 3.09. The van der Waals surface area contributed by atoms with Crippen molar-refractivity contribution >= 4 is 9.84 Å². The lowest BCUT2D eigenvalue weighted by atomic mass is 9.82. The summed E-state index contributed by atoms with van der Waals surface area (Å²) in [7, 11) is -2.77. The first-order chi connectivity index (χ1) is 9.45. The zero-order chi connectivity index (χ0) is 14.8. The van der Waals surface area contributed by atoms with Crippen LogP contribution in [0.25, 0.3) is 0 Å². The van der Waals surface area contributed by atoms with Crippen molar-refractivity contribution < 1.29 is 21.9 Å². The molecule has 0 heterocycles. The fourth-order valence-corrected chi connectivity index (χ4v) is 3.14. The van der Waals surface area contributed by atoms with Crippen molar-refractivity contribution in [1.82, 2.24) is 5.32 Å². The van der Waals surface area contributed by atoms with Crippen molar-refractivity contribution in [1.29, 1.82) is 0 Å². The fourth-order valence-electron chi connectivity index (χ4n) is 2.28. The number of nitrogens with one attached hydrogen (secondary N) is 1. The van der Waals surface area contributed by atoms with E-state index in [0.29, 0.717) is 5.92 Å². The molecule has 4 nitrogen and oxygen atoms in total. The van der Waals surface area contributed by atoms with Gasteiger partial charge in [-0.3, -0.25) is 0 Å². The largest absolute Gasteiger partial charge is 0.489 e. The normalized spacial score (nSPS) is 22.6. The molecule has 1 aliphatic carbocycles. The Bertz CT molecular complexity index is 556. The van der Waals surface area contributed by atoms with Gasteiger partial charge in [-0.1, -0.05) is 12.1 Å². The minimum atomic E-state index is -4.63. The number of para-hydroxylation sites is 1. The lowest BCUT2D eigenvalue weighted by Gasteiger charge is -2.35. The number of halogens is 2. The number of hydrogen-bond acceptors (Lipinski definition) is 4. The summed E-state index contributed by atoms with van der Waals surface area (Å²) in [5.74, 6) is -2.93. The van der Waals surface area contributed by atoms with Gasteiger partial charge in [-0.2, -0.15) is 8.78 Å². The molecule has 0 aromatic heterocycles. The summed E-state index contributed by atoms with van der Waals surface area (Å²) < 4.78 is 53.9. The molecule has 112 valence electrons. The van der Waals surface area contributed by atoms with Gasteiger partial charge in [0.2, 0.25) is 9.84 Å². The molecule has 0 aliphatic heterocycles. The van der Waals surface area contributed by atoms with Gasteiger partial charge < -0.3 is 10.1 Å². The summed E-state index contributed by atoms with van der Waals surface area (Å²) in [5, 5.41) is 3.05. The van der Waals surface area contributed by atoms with E-state index in [2.05, 4.69) is 5.32 Å². The molecule has 0 atom stereocenters. The molecule has 0 radical (unpaired) electrons. The molecular formula is C13H17F2NO3S. The Balaban J connectivity index is 2.11. The zero-order valence-corrected chi connectivity index (χ0v) is 11.9. The van der Waals surface area contributed by atoms with Gasteiger partial charge in [0, 0.05) is 0 Å². The Hall–Kier alpha value is -1.21. The van der Waals surface area contributed by atoms with Crippen LogP contribution in [0, 0.1) is 5.92 Å². The molecular weight excluding hydrogens is 288 g/mol. The standard InChI is InChI=1S/C13H17F2NO3S/c1-16-8-9-6-10(7-9)19-11-4-2-3-5-12(11)20(17,18)13(14)15/h2-5,9-10,13,16H,6-8H2,1H3. The van der Waals surface area contributed by atoms with Gasteiger partial charge in [-0.25, -0.2) is 8.42 Å². The predicted molar refractivity (Wildman–Crippen MR) is 70.7 cm³/mol. The molecule has 1 fully saturated rings. The first kappa shape index (κ1) is 15.2. The molecule has 1 saturated carbocycles. The van der Waals surface area contributed by atoms with Gasteiger partial charge in [-0.05, 0) is 44.5 Å². The molecule has 0 bridgehead atoms. The predicted octanol–water partition coefficient (Wildman–Crippen LogP) is 2.06. The highest BCUT2D eigenvalue weighted by atomic mass is 32.2. The van der Waals surface area contributed by atoms with E-state index in [0.717, 1.165) is 25.5 Å². The van der Waals surface area contributed by atoms with Crippen molar-refractivity contribution in [2.75, 3.05) is 13.6 Å². The van der Waals surface area contributed by atoms with Crippen LogP contribution in [-0.4, -0.2) is 33.9 Å². The molecule has 0 unspecified atom stereocenters. The molecule has 7 heteroatoms. The summed E-state index contributed by atoms with van der Waals surface area (Å²) >= 11 is 0. The Morgan fingerprint density at radius 3 is 2.60 bits per heavy atom. The van der Waals surface area contributed by atoms with E-state index < -0.39 is 20.5 Å². The maximum absolute atomic E-state index is 12.6. The molecule has 1 aromatic carbocycles. The molecule has 0 saturated heterocycles. The molecule has 1 aliphatic rings. The third-order valence-corrected chi connectivity index (χ3v) is 4.79. The highest BCUT2D eigenvalue weighted by Crippen LogP contribution is 2.34. The Morgan fingerprint density at radius 1 is 1.35 bits per heavy atom. The van der Waals surface area contributed by atoms with Crippen LogP contribution in [0.15, 0.2) is 29.2 Å². The Kier molecular flexibility index (Phi) is 4.59. The molecule has 1 N–H and O–H groups in total. The fraction of sp³-hybridized carbons (Fsp3) is 0.538. The van der Waals surface area contributed by atoms with E-state index >= 15 is 0 Å². The summed E-state index contributed by atoms with van der Waals surface area (Å²) in [6, 6.07) is 5.55. The SMILES string of the molecule is CNCC1CC(Oc2ccccc2S(=O)(=O)C(F)F)C1. The van der Waals surface area contributed by atoms with Gasteiger partial charge in [-0.15, -0.1) is 0 Å². The molecule has 2 rings (SSSR count). The number of alkyl halides is 2. The lowest BCUT2D eigenvalue weighted by molar-refractivity contribution is 0.0630. The molecule has 20 heavy (non-hydrogen) atoms. The van der Waals surface area contributed by atoms with Crippen molar-refractivity contribution in [3.05, 3.63) is 24.3 Å². The number of benzene rings is 1. The van der Waals surface area contributed by atoms with Gasteiger partial charge in [0.25, 0.3) is 0 Å². The van der Waals surface area contributed by atoms with Gasteiger partial charge in [0.05, 0.1) is 6.10 Å². The second-order valence-corrected chi connectivity index (χ2v) is 6.77. The van der Waals surface area contributed by atoms with Crippen LogP contribution < -0.4 is 10.1 Å². The first-order valence-corrected chi connectivity index (χ1v) is 7.92. The summed E-state index contributed by atoms with van der Waals surface area (Å²) in [6.07, 6.45) is 1.48. The molecule has 0 amide bonds. The van der Waals surface area contributed by atoms with Crippen LogP contribution in [0.4, 0.5) is 8.78 Å². The summed E-state index contributed by atoms with van der Waals surface area (Å²) in [5.41, 5.74) is 0. The summed E-state index contributed by atoms with van der Waals surface area (Å²) in [4.78, 5) is -0.438. The average Bonchev–Trinajstić information content (AvgIpc) is 2.36. The van der Waals surface area contributed by atoms with Crippen LogP contribution in [0.3, 0.4) is 0 Å². The smallest absolute Gasteiger partial charge is 0.341 e. The molecule has 0 spiro atoms. The monoisotopic (exact) mass is 305 g/mol. The quantitative estimate of drug-likeness (QED) is 0.874. The number of ether oxygens (including phenoxy) is 1. The van der Waals surface area contributed by atoms with Crippen molar-refractivity contribution in [3.8, 4) is 5.75 Å². The Morgan fingerprint density at radius 2 is 2.00 bits per heavy atom. The second-order valence-electron chi connectivity index (χ2n) is 4.89. The minimum absolute atomic E-state index is 0.0145. The number of rotatable bonds is 6. The lowest BCUT2D eigenvalue weighted by Crippen LogP contribution is -2.38. The van der Waals surface area contributed by atoms with Crippen molar-refractivity contribution in [2.45, 2.75) is 29.6 Å². The van der Waals surface area contributed by atoms with Crippen LogP contribution in [0.1, 0.15) is 12.8 Å². The number of hydrogen-bond donors (Lipinski definition) is 1. The van der Waals surface area contributed by atoms with Gasteiger partial charge in [0.15, 0.2) is 0 Å². The second kappa shape index (κ2) is 6.05. The van der Waals surface area contributed by atoms with E-state index in [4.69, 9.17) is 4.74 Å². The molecule has 1 aromatic rings. The van der Waals surface area contributed by atoms with Crippen LogP contribution in [-0.2, 0) is 9.84 Å². The number of sulfone groups is 1. The third-order valence-electron chi connectivity index (χ3n) is 3.37. The maximum atomic E-state index is 12.6. The highest BCUT2D eigenvalue weighted by molar-refractivity contribution is 7.91. The average molecular weight is 305 g/mol. The van der Waals surface area contributed by atoms with Crippen molar-refractivity contribution in [3.63, 3.8) is 0 Å². The van der Waals surface area contributed by atoms with Crippen LogP contribution >= 0.6 is 0 Å². The van der Waals surface area contributed by atoms with E-state index in [-0.39, 0.29) is 11.9 Å². The van der Waals surface area contributed by atoms with Gasteiger partial charge in [0.1, 0.15) is 10.6 Å². The van der Waals surface area contributed by atoms with Crippen LogP contribution in [0.2, 0.25) is 0 Å². The minimum Gasteiger partial charge on any atom is -0.489 e. The van der Waals surface area contributed by atoms with E-state index in [1.165, 1.54) is 12.1 Å². The summed E-state index contributed by atoms with van der Waals surface area (Å²) in [6.45, 7) is 0.872.